The Morgan fingerprint density at radius 3 is 2.90 bits per heavy atom. The maximum absolute atomic E-state index is 11.0. The number of hydrogen-bond acceptors (Lipinski definition) is 4. The zero-order chi connectivity index (χ0) is 14.7. The van der Waals surface area contributed by atoms with Crippen molar-refractivity contribution in [2.75, 3.05) is 13.2 Å². The van der Waals surface area contributed by atoms with Crippen LogP contribution in [-0.4, -0.2) is 24.1 Å². The third-order valence-corrected chi connectivity index (χ3v) is 3.84. The van der Waals surface area contributed by atoms with Crippen molar-refractivity contribution in [1.29, 1.82) is 0 Å². The minimum absolute atomic E-state index is 0.119. The van der Waals surface area contributed by atoms with Crippen molar-refractivity contribution in [3.63, 3.8) is 0 Å². The van der Waals surface area contributed by atoms with Crippen molar-refractivity contribution < 1.29 is 9.66 Å². The van der Waals surface area contributed by atoms with Crippen LogP contribution in [0.5, 0.6) is 5.75 Å². The molecule has 0 radical (unpaired) electrons. The predicted molar refractivity (Wildman–Crippen MR) is 81.5 cm³/mol. The van der Waals surface area contributed by atoms with E-state index in [2.05, 4.69) is 21.2 Å². The van der Waals surface area contributed by atoms with E-state index >= 15 is 0 Å². The summed E-state index contributed by atoms with van der Waals surface area (Å²) in [5.41, 5.74) is -0.119. The Labute approximate surface area is 130 Å². The van der Waals surface area contributed by atoms with Crippen molar-refractivity contribution >= 4 is 33.2 Å². The van der Waals surface area contributed by atoms with Crippen LogP contribution in [0.3, 0.4) is 0 Å². The van der Waals surface area contributed by atoms with Crippen molar-refractivity contribution in [1.82, 2.24) is 5.32 Å². The molecule has 20 heavy (non-hydrogen) atoms. The lowest BCUT2D eigenvalue weighted by Gasteiger charge is -2.14. The number of nitro benzene ring substituents is 1. The molecule has 1 aliphatic carbocycles. The standard InChI is InChI=1S/C13H16BrClN2O3/c1-8(6-16-10-2-3-10)7-20-13-11(14)4-9(15)5-12(13)17(18)19/h4-5,8,10,16H,2-3,6-7H2,1H3. The summed E-state index contributed by atoms with van der Waals surface area (Å²) in [4.78, 5) is 10.5. The molecule has 0 heterocycles. The molecule has 1 atom stereocenters. The van der Waals surface area contributed by atoms with Crippen LogP contribution in [0.15, 0.2) is 16.6 Å². The first-order chi connectivity index (χ1) is 9.47. The zero-order valence-corrected chi connectivity index (χ0v) is 13.4. The van der Waals surface area contributed by atoms with Crippen molar-refractivity contribution in [2.45, 2.75) is 25.8 Å². The summed E-state index contributed by atoms with van der Waals surface area (Å²) in [5.74, 6) is 0.510. The Balaban J connectivity index is 1.98. The van der Waals surface area contributed by atoms with Gasteiger partial charge < -0.3 is 10.1 Å². The highest BCUT2D eigenvalue weighted by Crippen LogP contribution is 2.38. The molecule has 0 aliphatic heterocycles. The number of ether oxygens (including phenoxy) is 1. The average molecular weight is 364 g/mol. The first-order valence-electron chi connectivity index (χ1n) is 6.47. The van der Waals surface area contributed by atoms with Gasteiger partial charge in [0.25, 0.3) is 0 Å². The maximum atomic E-state index is 11.0. The third kappa shape index (κ3) is 4.33. The molecule has 0 bridgehead atoms. The second-order valence-corrected chi connectivity index (χ2v) is 6.38. The Bertz CT molecular complexity index is 509. The van der Waals surface area contributed by atoms with Gasteiger partial charge in [0.2, 0.25) is 5.75 Å². The smallest absolute Gasteiger partial charge is 0.313 e. The molecule has 110 valence electrons. The highest BCUT2D eigenvalue weighted by Gasteiger charge is 2.23. The number of nitrogens with one attached hydrogen (secondary N) is 1. The quantitative estimate of drug-likeness (QED) is 0.591. The Kier molecular flexibility index (Phi) is 5.23. The molecule has 0 saturated heterocycles. The van der Waals surface area contributed by atoms with Crippen LogP contribution >= 0.6 is 27.5 Å². The van der Waals surface area contributed by atoms with Crippen LogP contribution in [0.25, 0.3) is 0 Å². The third-order valence-electron chi connectivity index (χ3n) is 3.03. The van der Waals surface area contributed by atoms with Crippen molar-refractivity contribution in [3.8, 4) is 5.75 Å². The van der Waals surface area contributed by atoms with E-state index in [1.165, 1.54) is 18.9 Å². The molecular formula is C13H16BrClN2O3. The number of halogens is 2. The number of nitro groups is 1. The number of hydrogen-bond donors (Lipinski definition) is 1. The molecule has 1 fully saturated rings. The number of nitrogens with zero attached hydrogens (tertiary/aromatic N) is 1. The van der Waals surface area contributed by atoms with Crippen LogP contribution in [0.1, 0.15) is 19.8 Å². The summed E-state index contributed by atoms with van der Waals surface area (Å²) >= 11 is 9.08. The van der Waals surface area contributed by atoms with E-state index in [9.17, 15) is 10.1 Å². The first kappa shape index (κ1) is 15.5. The van der Waals surface area contributed by atoms with E-state index in [1.807, 2.05) is 6.92 Å². The minimum Gasteiger partial charge on any atom is -0.486 e. The Morgan fingerprint density at radius 2 is 2.30 bits per heavy atom. The van der Waals surface area contributed by atoms with Crippen molar-refractivity contribution in [2.24, 2.45) is 5.92 Å². The maximum Gasteiger partial charge on any atom is 0.313 e. The minimum atomic E-state index is -0.487. The van der Waals surface area contributed by atoms with Gasteiger partial charge in [0.15, 0.2) is 0 Å². The first-order valence-corrected chi connectivity index (χ1v) is 7.64. The van der Waals surface area contributed by atoms with Gasteiger partial charge >= 0.3 is 5.69 Å². The average Bonchev–Trinajstić information content (AvgIpc) is 3.18. The van der Waals surface area contributed by atoms with Crippen LogP contribution in [-0.2, 0) is 0 Å². The van der Waals surface area contributed by atoms with Gasteiger partial charge in [-0.2, -0.15) is 0 Å². The Hall–Kier alpha value is -0.850. The fourth-order valence-electron chi connectivity index (χ4n) is 1.77. The second-order valence-electron chi connectivity index (χ2n) is 5.09. The molecule has 1 unspecified atom stereocenters. The van der Waals surface area contributed by atoms with Crippen molar-refractivity contribution in [3.05, 3.63) is 31.7 Å². The fourth-order valence-corrected chi connectivity index (χ4v) is 2.67. The summed E-state index contributed by atoms with van der Waals surface area (Å²) in [6.07, 6.45) is 2.48. The van der Waals surface area contributed by atoms with Gasteiger partial charge in [0.1, 0.15) is 0 Å². The van der Waals surface area contributed by atoms with Gasteiger partial charge in [-0.15, -0.1) is 0 Å². The lowest BCUT2D eigenvalue weighted by Crippen LogP contribution is -2.26. The molecule has 1 aromatic carbocycles. The molecule has 0 amide bonds. The number of benzene rings is 1. The Morgan fingerprint density at radius 1 is 1.60 bits per heavy atom. The van der Waals surface area contributed by atoms with E-state index in [4.69, 9.17) is 16.3 Å². The normalized spacial score (nSPS) is 15.9. The molecule has 2 rings (SSSR count). The van der Waals surface area contributed by atoms with Gasteiger partial charge in [-0.3, -0.25) is 10.1 Å². The van der Waals surface area contributed by atoms with E-state index in [0.717, 1.165) is 6.54 Å². The summed E-state index contributed by atoms with van der Waals surface area (Å²) < 4.78 is 6.11. The number of rotatable bonds is 7. The van der Waals surface area contributed by atoms with Crippen LogP contribution < -0.4 is 10.1 Å². The highest BCUT2D eigenvalue weighted by atomic mass is 79.9. The molecule has 7 heteroatoms. The van der Waals surface area contributed by atoms with Gasteiger partial charge in [-0.05, 0) is 34.8 Å². The predicted octanol–water partition coefficient (Wildman–Crippen LogP) is 3.78. The van der Waals surface area contributed by atoms with Gasteiger partial charge in [0.05, 0.1) is 16.0 Å². The van der Waals surface area contributed by atoms with E-state index in [-0.39, 0.29) is 17.4 Å². The largest absolute Gasteiger partial charge is 0.486 e. The molecule has 1 saturated carbocycles. The van der Waals surface area contributed by atoms with E-state index in [1.54, 1.807) is 6.07 Å². The summed E-state index contributed by atoms with van der Waals surface area (Å²) in [6.45, 7) is 3.31. The molecule has 1 N–H and O–H groups in total. The summed E-state index contributed by atoms with van der Waals surface area (Å²) in [7, 11) is 0. The topological polar surface area (TPSA) is 64.4 Å². The highest BCUT2D eigenvalue weighted by molar-refractivity contribution is 9.10. The molecule has 1 aromatic rings. The van der Waals surface area contributed by atoms with Crippen LogP contribution in [0, 0.1) is 16.0 Å². The summed E-state index contributed by atoms with van der Waals surface area (Å²) in [6, 6.07) is 3.54. The molecule has 1 aliphatic rings. The molecule has 0 aromatic heterocycles. The fraction of sp³-hybridized carbons (Fsp3) is 0.538. The van der Waals surface area contributed by atoms with Crippen LogP contribution in [0.2, 0.25) is 5.02 Å². The SMILES string of the molecule is CC(CNC1CC1)COc1c(Br)cc(Cl)cc1[N+](=O)[O-]. The van der Waals surface area contributed by atoms with Crippen LogP contribution in [0.4, 0.5) is 5.69 Å². The van der Waals surface area contributed by atoms with Gasteiger partial charge in [0, 0.05) is 29.6 Å². The van der Waals surface area contributed by atoms with E-state index < -0.39 is 4.92 Å². The second kappa shape index (κ2) is 6.74. The lowest BCUT2D eigenvalue weighted by molar-refractivity contribution is -0.386. The van der Waals surface area contributed by atoms with E-state index in [0.29, 0.717) is 22.1 Å². The van der Waals surface area contributed by atoms with Gasteiger partial charge in [-0.25, -0.2) is 0 Å². The molecular weight excluding hydrogens is 348 g/mol. The molecule has 5 nitrogen and oxygen atoms in total. The zero-order valence-electron chi connectivity index (χ0n) is 11.1. The lowest BCUT2D eigenvalue weighted by atomic mass is 10.2. The monoisotopic (exact) mass is 362 g/mol. The van der Waals surface area contributed by atoms with Gasteiger partial charge in [-0.1, -0.05) is 18.5 Å². The molecule has 0 spiro atoms. The summed E-state index contributed by atoms with van der Waals surface area (Å²) in [5, 5.41) is 14.7.